The maximum absolute atomic E-state index is 12.6. The van der Waals surface area contributed by atoms with Crippen molar-refractivity contribution in [2.45, 2.75) is 11.4 Å². The first-order valence-electron chi connectivity index (χ1n) is 7.61. The van der Waals surface area contributed by atoms with Gasteiger partial charge in [0, 0.05) is 19.2 Å². The van der Waals surface area contributed by atoms with E-state index in [1.54, 1.807) is 31.4 Å². The molecule has 1 aliphatic rings. The van der Waals surface area contributed by atoms with E-state index >= 15 is 0 Å². The molecule has 3 rings (SSSR count). The second-order valence-corrected chi connectivity index (χ2v) is 7.30. The van der Waals surface area contributed by atoms with Crippen molar-refractivity contribution in [3.05, 3.63) is 48.0 Å². The van der Waals surface area contributed by atoms with E-state index in [1.165, 1.54) is 0 Å². The zero-order chi connectivity index (χ0) is 17.2. The Morgan fingerprint density at radius 2 is 2.04 bits per heavy atom. The SMILES string of the molecule is COc1ccccc1CNS(=O)(=O)c1ccc2c(c1)N(C)CCO2. The van der Waals surface area contributed by atoms with Crippen molar-refractivity contribution in [2.24, 2.45) is 0 Å². The first-order valence-corrected chi connectivity index (χ1v) is 9.09. The van der Waals surface area contributed by atoms with Crippen LogP contribution in [0.5, 0.6) is 11.5 Å². The minimum atomic E-state index is -3.63. The molecular formula is C17H20N2O4S. The van der Waals surface area contributed by atoms with Crippen molar-refractivity contribution in [2.75, 3.05) is 32.2 Å². The standard InChI is InChI=1S/C17H20N2O4S/c1-19-9-10-23-17-8-7-14(11-15(17)19)24(20,21)18-12-13-5-3-4-6-16(13)22-2/h3-8,11,18H,9-10,12H2,1-2H3. The average Bonchev–Trinajstić information content (AvgIpc) is 2.60. The van der Waals surface area contributed by atoms with Crippen LogP contribution in [-0.2, 0) is 16.6 Å². The molecule has 0 fully saturated rings. The molecule has 24 heavy (non-hydrogen) atoms. The fourth-order valence-corrected chi connectivity index (χ4v) is 3.63. The number of likely N-dealkylation sites (N-methyl/N-ethyl adjacent to an activating group) is 1. The Hall–Kier alpha value is -2.25. The molecule has 6 nitrogen and oxygen atoms in total. The molecule has 1 aliphatic heterocycles. The minimum Gasteiger partial charge on any atom is -0.496 e. The van der Waals surface area contributed by atoms with Crippen molar-refractivity contribution in [1.29, 1.82) is 0 Å². The zero-order valence-electron chi connectivity index (χ0n) is 13.7. The maximum Gasteiger partial charge on any atom is 0.240 e. The second-order valence-electron chi connectivity index (χ2n) is 5.54. The van der Waals surface area contributed by atoms with E-state index in [4.69, 9.17) is 9.47 Å². The number of anilines is 1. The molecule has 0 bridgehead atoms. The van der Waals surface area contributed by atoms with Gasteiger partial charge in [-0.15, -0.1) is 0 Å². The number of fused-ring (bicyclic) bond motifs is 1. The first kappa shape index (κ1) is 16.6. The van der Waals surface area contributed by atoms with Crippen molar-refractivity contribution >= 4 is 15.7 Å². The van der Waals surface area contributed by atoms with Gasteiger partial charge in [0.05, 0.1) is 24.2 Å². The van der Waals surface area contributed by atoms with Crippen LogP contribution in [0.2, 0.25) is 0 Å². The lowest BCUT2D eigenvalue weighted by Gasteiger charge is -2.28. The number of para-hydroxylation sites is 1. The number of nitrogens with zero attached hydrogens (tertiary/aromatic N) is 1. The summed E-state index contributed by atoms with van der Waals surface area (Å²) in [5.41, 5.74) is 1.56. The van der Waals surface area contributed by atoms with Gasteiger partial charge in [-0.05, 0) is 24.3 Å². The van der Waals surface area contributed by atoms with E-state index in [0.29, 0.717) is 18.1 Å². The summed E-state index contributed by atoms with van der Waals surface area (Å²) in [7, 11) is -0.149. The predicted octanol–water partition coefficient (Wildman–Crippen LogP) is 2.00. The van der Waals surface area contributed by atoms with Gasteiger partial charge >= 0.3 is 0 Å². The van der Waals surface area contributed by atoms with Gasteiger partial charge in [-0.1, -0.05) is 18.2 Å². The summed E-state index contributed by atoms with van der Waals surface area (Å²) in [4.78, 5) is 2.20. The van der Waals surface area contributed by atoms with E-state index in [0.717, 1.165) is 17.8 Å². The molecule has 0 saturated heterocycles. The number of methoxy groups -OCH3 is 1. The number of rotatable bonds is 5. The smallest absolute Gasteiger partial charge is 0.240 e. The zero-order valence-corrected chi connectivity index (χ0v) is 14.5. The van der Waals surface area contributed by atoms with Crippen molar-refractivity contribution in [3.8, 4) is 11.5 Å². The van der Waals surface area contributed by atoms with Crippen molar-refractivity contribution in [1.82, 2.24) is 4.72 Å². The Kier molecular flexibility index (Phi) is 4.64. The summed E-state index contributed by atoms with van der Waals surface area (Å²) in [6.07, 6.45) is 0. The Bertz CT molecular complexity index is 836. The Labute approximate surface area is 142 Å². The van der Waals surface area contributed by atoms with Gasteiger partial charge in [0.25, 0.3) is 0 Å². The molecule has 0 amide bonds. The monoisotopic (exact) mass is 348 g/mol. The van der Waals surface area contributed by atoms with Gasteiger partial charge in [-0.25, -0.2) is 13.1 Å². The number of ether oxygens (including phenoxy) is 2. The van der Waals surface area contributed by atoms with Crippen LogP contribution in [0.15, 0.2) is 47.4 Å². The normalized spacial score (nSPS) is 14.0. The number of hydrogen-bond acceptors (Lipinski definition) is 5. The lowest BCUT2D eigenvalue weighted by Crippen LogP contribution is -2.29. The van der Waals surface area contributed by atoms with Crippen LogP contribution in [0.4, 0.5) is 5.69 Å². The van der Waals surface area contributed by atoms with Gasteiger partial charge < -0.3 is 14.4 Å². The Morgan fingerprint density at radius 1 is 1.25 bits per heavy atom. The van der Waals surface area contributed by atoms with E-state index in [9.17, 15) is 8.42 Å². The highest BCUT2D eigenvalue weighted by Gasteiger charge is 2.20. The van der Waals surface area contributed by atoms with E-state index in [2.05, 4.69) is 4.72 Å². The lowest BCUT2D eigenvalue weighted by atomic mass is 10.2. The van der Waals surface area contributed by atoms with Crippen LogP contribution >= 0.6 is 0 Å². The molecule has 0 aromatic heterocycles. The van der Waals surface area contributed by atoms with E-state index in [-0.39, 0.29) is 11.4 Å². The maximum atomic E-state index is 12.6. The summed E-state index contributed by atoms with van der Waals surface area (Å²) in [6.45, 7) is 1.49. The molecule has 1 N–H and O–H groups in total. The molecule has 0 spiro atoms. The molecular weight excluding hydrogens is 328 g/mol. The molecule has 1 heterocycles. The summed E-state index contributed by atoms with van der Waals surface area (Å²) < 4.78 is 38.6. The molecule has 0 saturated carbocycles. The number of sulfonamides is 1. The quantitative estimate of drug-likeness (QED) is 0.895. The summed E-state index contributed by atoms with van der Waals surface area (Å²) in [6, 6.07) is 12.2. The van der Waals surface area contributed by atoms with Gasteiger partial charge in [0.15, 0.2) is 0 Å². The van der Waals surface area contributed by atoms with Gasteiger partial charge in [-0.3, -0.25) is 0 Å². The third-order valence-electron chi connectivity index (χ3n) is 3.98. The Balaban J connectivity index is 1.82. The van der Waals surface area contributed by atoms with E-state index < -0.39 is 10.0 Å². The van der Waals surface area contributed by atoms with Gasteiger partial charge in [-0.2, -0.15) is 0 Å². The largest absolute Gasteiger partial charge is 0.496 e. The van der Waals surface area contributed by atoms with Crippen LogP contribution < -0.4 is 19.1 Å². The average molecular weight is 348 g/mol. The van der Waals surface area contributed by atoms with Crippen LogP contribution in [0.25, 0.3) is 0 Å². The van der Waals surface area contributed by atoms with Crippen LogP contribution in [-0.4, -0.2) is 35.7 Å². The third kappa shape index (κ3) is 3.32. The molecule has 2 aromatic carbocycles. The first-order chi connectivity index (χ1) is 11.5. The van der Waals surface area contributed by atoms with Crippen LogP contribution in [0.3, 0.4) is 0 Å². The number of nitrogens with one attached hydrogen (secondary N) is 1. The summed E-state index contributed by atoms with van der Waals surface area (Å²) in [5.74, 6) is 1.35. The fraction of sp³-hybridized carbons (Fsp3) is 0.294. The summed E-state index contributed by atoms with van der Waals surface area (Å²) in [5, 5.41) is 0. The highest BCUT2D eigenvalue weighted by atomic mass is 32.2. The molecule has 7 heteroatoms. The number of hydrogen-bond donors (Lipinski definition) is 1. The third-order valence-corrected chi connectivity index (χ3v) is 5.38. The topological polar surface area (TPSA) is 67.9 Å². The molecule has 2 aromatic rings. The molecule has 0 radical (unpaired) electrons. The lowest BCUT2D eigenvalue weighted by molar-refractivity contribution is 0.311. The highest BCUT2D eigenvalue weighted by molar-refractivity contribution is 7.89. The predicted molar refractivity (Wildman–Crippen MR) is 92.2 cm³/mol. The van der Waals surface area contributed by atoms with Gasteiger partial charge in [0.1, 0.15) is 18.1 Å². The molecule has 0 unspecified atom stereocenters. The molecule has 0 aliphatic carbocycles. The van der Waals surface area contributed by atoms with Crippen molar-refractivity contribution < 1.29 is 17.9 Å². The van der Waals surface area contributed by atoms with Crippen molar-refractivity contribution in [3.63, 3.8) is 0 Å². The van der Waals surface area contributed by atoms with E-state index in [1.807, 2.05) is 30.1 Å². The Morgan fingerprint density at radius 3 is 2.83 bits per heavy atom. The molecule has 128 valence electrons. The summed E-state index contributed by atoms with van der Waals surface area (Å²) >= 11 is 0. The van der Waals surface area contributed by atoms with Crippen LogP contribution in [0, 0.1) is 0 Å². The second kappa shape index (κ2) is 6.70. The fourth-order valence-electron chi connectivity index (χ4n) is 2.60. The highest BCUT2D eigenvalue weighted by Crippen LogP contribution is 2.32. The molecule has 0 atom stereocenters. The van der Waals surface area contributed by atoms with Crippen LogP contribution in [0.1, 0.15) is 5.56 Å². The minimum absolute atomic E-state index is 0.162. The van der Waals surface area contributed by atoms with Gasteiger partial charge in [0.2, 0.25) is 10.0 Å². The number of benzene rings is 2.